The average Bonchev–Trinajstić information content (AvgIpc) is 1.60. The molecule has 11 aromatic rings. The quantitative estimate of drug-likeness (QED) is 0.0604. The number of aromatic carboxylic acids is 1. The van der Waals surface area contributed by atoms with Gasteiger partial charge in [0.15, 0.2) is 43.7 Å². The van der Waals surface area contributed by atoms with Gasteiger partial charge in [0.25, 0.3) is 0 Å². The number of thiophene rings is 1. The Kier molecular flexibility index (Phi) is 24.4. The summed E-state index contributed by atoms with van der Waals surface area (Å²) in [6, 6.07) is 91.0. The molecule has 6 fully saturated rings. The molecule has 0 spiro atoms. The van der Waals surface area contributed by atoms with Crippen LogP contribution in [0, 0.1) is 35.5 Å². The molecule has 0 radical (unpaired) electrons. The van der Waals surface area contributed by atoms with Crippen LogP contribution in [0.25, 0.3) is 25.1 Å². The SMILES string of the molecule is FC(F)(F)c1cccc([S+](c2ccccc2)c2ccccc2)c1.O=C(CS(=O)(=O)[O-])OC1C2CC3COC1C3C2.O=C(CS(=O)(=O)[O-])OC1C2CC3COC1C3C2.O=C(O)c1ccccc1[O-].c1ccc(-[s+]2c3ccccc3c3ccccc32)cc1.c1ccc([S+](c2ccccc2)c2ccccc2)cc1. The van der Waals surface area contributed by atoms with Crippen molar-refractivity contribution in [1.29, 1.82) is 0 Å². The van der Waals surface area contributed by atoms with E-state index in [4.69, 9.17) is 24.1 Å². The Morgan fingerprint density at radius 3 is 1.15 bits per heavy atom. The maximum atomic E-state index is 13.0. The number of hydrogen-bond acceptors (Lipinski definition) is 14. The summed E-state index contributed by atoms with van der Waals surface area (Å²) < 4.78 is 126. The minimum absolute atomic E-state index is 0.0146. The minimum Gasteiger partial charge on any atom is -0.872 e. The van der Waals surface area contributed by atoms with Gasteiger partial charge in [0.1, 0.15) is 43.9 Å². The number of carbonyl (C=O) groups is 3. The Morgan fingerprint density at radius 2 is 0.790 bits per heavy atom. The highest BCUT2D eigenvalue weighted by Gasteiger charge is 2.60. The van der Waals surface area contributed by atoms with Crippen molar-refractivity contribution in [2.24, 2.45) is 35.5 Å². The standard InChI is InChI=1S/C19H14F3S.C18H13S.C18H15S.2C10H14O6S.C7H6O3/c20-19(21,22)15-8-7-13-18(14-15)23(16-9-3-1-4-10-16)17-11-5-2-6-12-17;1-2-8-14(9-3-1)19-17-12-6-4-10-15(17)16-11-5-7-13-18(16)19;1-4-10-16(11-5-1)19(17-12-6-2-7-13-17)18-14-8-3-9-15-18;2*11-8(4-17(12,13)14)16-9-5-1-6-3-15-10(9)7(6)2-5;8-6-4-2-1-3-5(6)7(9)10/h1-14H;1-13H;1-15H;2*5-7,9-10H,1-4H2,(H,12,13,14);1-4,8H,(H,9,10)/q3*+1;;;/p-3. The molecule has 15 nitrogen and oxygen atoms in total. The van der Waals surface area contributed by atoms with E-state index in [1.54, 1.807) is 6.07 Å². The first kappa shape index (κ1) is 75.5. The molecule has 542 valence electrons. The lowest BCUT2D eigenvalue weighted by Crippen LogP contribution is -2.37. The zero-order valence-electron chi connectivity index (χ0n) is 56.3. The molecule has 4 saturated carbocycles. The lowest BCUT2D eigenvalue weighted by molar-refractivity contribution is -0.268. The molecule has 10 atom stereocenters. The molecule has 23 heteroatoms. The highest BCUT2D eigenvalue weighted by Crippen LogP contribution is 2.56. The predicted molar refractivity (Wildman–Crippen MR) is 394 cm³/mol. The largest absolute Gasteiger partial charge is 0.872 e. The Hall–Kier alpha value is -9.14. The van der Waals surface area contributed by atoms with Crippen LogP contribution < -0.4 is 5.11 Å². The number of benzene rings is 10. The highest BCUT2D eigenvalue weighted by molar-refractivity contribution is 7.97. The monoisotopic (exact) mass is 1510 g/mol. The topological polar surface area (TPSA) is 246 Å². The second kappa shape index (κ2) is 34.0. The van der Waals surface area contributed by atoms with Crippen molar-refractivity contribution in [2.75, 3.05) is 24.7 Å². The molecule has 105 heavy (non-hydrogen) atoms. The van der Waals surface area contributed by atoms with Crippen LogP contribution in [0.5, 0.6) is 5.75 Å². The van der Waals surface area contributed by atoms with Crippen LogP contribution in [-0.2, 0) is 76.7 Å². The number of carboxylic acids is 1. The zero-order chi connectivity index (χ0) is 73.8. The first-order chi connectivity index (χ1) is 50.5. The molecule has 0 amide bonds. The summed E-state index contributed by atoms with van der Waals surface area (Å²) in [5, 5.41) is 21.8. The predicted octanol–water partition coefficient (Wildman–Crippen LogP) is 15.8. The van der Waals surface area contributed by atoms with Gasteiger partial charge in [-0.05, 0) is 176 Å². The summed E-state index contributed by atoms with van der Waals surface area (Å²) in [5.41, 5.74) is -0.790. The summed E-state index contributed by atoms with van der Waals surface area (Å²) >= 11 is 0. The van der Waals surface area contributed by atoms with E-state index in [-0.39, 0.29) is 63.2 Å². The fourth-order valence-corrected chi connectivity index (χ4v) is 22.1. The molecule has 17 rings (SSSR count). The highest BCUT2D eigenvalue weighted by atomic mass is 32.2. The first-order valence-electron chi connectivity index (χ1n) is 33.9. The molecule has 6 aliphatic rings. The summed E-state index contributed by atoms with van der Waals surface area (Å²) in [4.78, 5) is 41.0. The second-order valence-electron chi connectivity index (χ2n) is 25.8. The number of halogens is 3. The van der Waals surface area contributed by atoms with Gasteiger partial charge in [-0.3, -0.25) is 9.59 Å². The number of fused-ring (bicyclic) bond motifs is 5. The van der Waals surface area contributed by atoms with Crippen LogP contribution in [0.15, 0.2) is 308 Å². The maximum absolute atomic E-state index is 13.0. The molecular formula is C82H73F3O15S5. The average molecular weight is 1520 g/mol. The van der Waals surface area contributed by atoms with Gasteiger partial charge in [0, 0.05) is 27.3 Å². The second-order valence-corrected chi connectivity index (χ2v) is 34.7. The number of rotatable bonds is 14. The van der Waals surface area contributed by atoms with E-state index < -0.39 is 78.0 Å². The van der Waals surface area contributed by atoms with E-state index in [0.717, 1.165) is 41.5 Å². The number of ether oxygens (including phenoxy) is 4. The number of carbonyl (C=O) groups excluding carboxylic acids is 2. The fraction of sp³-hybridized carbons (Fsp3) is 0.232. The van der Waals surface area contributed by atoms with Crippen molar-refractivity contribution in [2.45, 2.75) is 85.6 Å². The van der Waals surface area contributed by atoms with E-state index >= 15 is 0 Å². The number of carboxylic acid groups (broad SMARTS) is 1. The van der Waals surface area contributed by atoms with Crippen LogP contribution in [0.3, 0.4) is 0 Å². The van der Waals surface area contributed by atoms with Gasteiger partial charge in [-0.15, -0.1) is 0 Å². The third kappa shape index (κ3) is 18.9. The van der Waals surface area contributed by atoms with Crippen LogP contribution >= 0.6 is 10.5 Å². The van der Waals surface area contributed by atoms with Gasteiger partial charge < -0.3 is 38.3 Å². The molecule has 2 aliphatic heterocycles. The van der Waals surface area contributed by atoms with E-state index in [1.807, 2.05) is 60.7 Å². The van der Waals surface area contributed by atoms with E-state index in [2.05, 4.69) is 170 Å². The van der Waals surface area contributed by atoms with Crippen LogP contribution in [-0.4, -0.2) is 98.1 Å². The van der Waals surface area contributed by atoms with Gasteiger partial charge in [0.05, 0.1) is 58.3 Å². The van der Waals surface area contributed by atoms with Crippen molar-refractivity contribution in [1.82, 2.24) is 0 Å². The van der Waals surface area contributed by atoms with E-state index in [0.29, 0.717) is 41.8 Å². The van der Waals surface area contributed by atoms with Crippen molar-refractivity contribution < 1.29 is 82.7 Å². The Balaban J connectivity index is 0.000000120. The van der Waals surface area contributed by atoms with Crippen molar-refractivity contribution in [3.05, 3.63) is 290 Å². The molecule has 2 saturated heterocycles. The lowest BCUT2D eigenvalue weighted by atomic mass is 9.88. The third-order valence-electron chi connectivity index (χ3n) is 19.0. The summed E-state index contributed by atoms with van der Waals surface area (Å²) in [5.74, 6) is -3.12. The molecule has 4 aliphatic carbocycles. The molecule has 1 N–H and O–H groups in total. The molecule has 10 unspecified atom stereocenters. The van der Waals surface area contributed by atoms with Crippen molar-refractivity contribution in [3.8, 4) is 10.6 Å². The first-order valence-corrected chi connectivity index (χ1v) is 40.8. The Bertz CT molecular complexity index is 4710. The van der Waals surface area contributed by atoms with Crippen LogP contribution in [0.4, 0.5) is 13.2 Å². The zero-order valence-corrected chi connectivity index (χ0v) is 60.4. The molecule has 10 aromatic carbocycles. The van der Waals surface area contributed by atoms with Crippen molar-refractivity contribution in [3.63, 3.8) is 0 Å². The third-order valence-corrected chi connectivity index (χ3v) is 27.0. The van der Waals surface area contributed by atoms with E-state index in [9.17, 15) is 58.6 Å². The number of alkyl halides is 3. The van der Waals surface area contributed by atoms with Gasteiger partial charge in [-0.1, -0.05) is 163 Å². The molecule has 4 bridgehead atoms. The normalized spacial score (nSPS) is 21.3. The molecule has 3 heterocycles. The number of para-hydroxylation sites is 1. The molecular weight excluding hydrogens is 1440 g/mol. The summed E-state index contributed by atoms with van der Waals surface area (Å²) in [6.45, 7) is 1.42. The van der Waals surface area contributed by atoms with Crippen LogP contribution in [0.1, 0.15) is 41.6 Å². The van der Waals surface area contributed by atoms with Crippen LogP contribution in [0.2, 0.25) is 0 Å². The Labute approximate surface area is 615 Å². The lowest BCUT2D eigenvalue weighted by Gasteiger charge is -2.26. The van der Waals surface area contributed by atoms with Gasteiger partial charge in [0.2, 0.25) is 0 Å². The number of hydrogen-bond donors (Lipinski definition) is 1. The number of esters is 2. The van der Waals surface area contributed by atoms with Gasteiger partial charge in [-0.2, -0.15) is 13.2 Å². The fourth-order valence-electron chi connectivity index (χ4n) is 14.8. The Morgan fingerprint density at radius 1 is 0.448 bits per heavy atom. The molecule has 1 aromatic heterocycles. The van der Waals surface area contributed by atoms with Gasteiger partial charge >= 0.3 is 24.1 Å². The minimum atomic E-state index is -4.56. The van der Waals surface area contributed by atoms with Crippen molar-refractivity contribution >= 4 is 90.6 Å². The summed E-state index contributed by atoms with van der Waals surface area (Å²) in [7, 11) is -9.63. The van der Waals surface area contributed by atoms with Gasteiger partial charge in [-0.25, -0.2) is 21.6 Å². The summed E-state index contributed by atoms with van der Waals surface area (Å²) in [6.07, 6.45) is -1.30. The maximum Gasteiger partial charge on any atom is 0.416 e. The smallest absolute Gasteiger partial charge is 0.416 e. The van der Waals surface area contributed by atoms with E-state index in [1.165, 1.54) is 76.2 Å².